The van der Waals surface area contributed by atoms with E-state index in [4.69, 9.17) is 5.73 Å². The molecule has 4 rings (SSSR count). The van der Waals surface area contributed by atoms with Gasteiger partial charge in [-0.25, -0.2) is 9.37 Å². The second kappa shape index (κ2) is 7.61. The Morgan fingerprint density at radius 2 is 1.82 bits per heavy atom. The molecule has 140 valence electrons. The van der Waals surface area contributed by atoms with Gasteiger partial charge in [0, 0.05) is 0 Å². The van der Waals surface area contributed by atoms with Crippen LogP contribution in [0.1, 0.15) is 9.67 Å². The van der Waals surface area contributed by atoms with Crippen molar-refractivity contribution in [1.82, 2.24) is 4.98 Å². The maximum absolute atomic E-state index is 13.2. The van der Waals surface area contributed by atoms with E-state index in [2.05, 4.69) is 10.3 Å². The van der Waals surface area contributed by atoms with Gasteiger partial charge in [0.05, 0.1) is 31.5 Å². The van der Waals surface area contributed by atoms with Crippen molar-refractivity contribution in [2.45, 2.75) is 5.03 Å². The molecule has 7 heteroatoms. The number of hydrogen-bond donors (Lipinski definition) is 2. The lowest BCUT2D eigenvalue weighted by atomic mass is 10.0. The molecule has 0 radical (unpaired) electrons. The maximum atomic E-state index is 13.2. The molecule has 2 heterocycles. The van der Waals surface area contributed by atoms with Crippen molar-refractivity contribution in [3.8, 4) is 11.1 Å². The van der Waals surface area contributed by atoms with Gasteiger partial charge < -0.3 is 11.1 Å². The number of thiophene rings is 1. The predicted octanol–water partition coefficient (Wildman–Crippen LogP) is 5.66. The number of thioether (sulfide) groups is 1. The molecular formula is C21H16FN3OS2. The van der Waals surface area contributed by atoms with Crippen molar-refractivity contribution < 1.29 is 9.18 Å². The SMILES string of the molecule is CSc1ccc2sc(C(=O)Nc3cc(-c4ccc(F)cc4)ccc3N)cc2n1. The van der Waals surface area contributed by atoms with Crippen LogP contribution in [-0.4, -0.2) is 17.1 Å². The van der Waals surface area contributed by atoms with E-state index in [-0.39, 0.29) is 11.7 Å². The third-order valence-electron chi connectivity index (χ3n) is 4.26. The summed E-state index contributed by atoms with van der Waals surface area (Å²) >= 11 is 2.94. The first-order chi connectivity index (χ1) is 13.5. The fourth-order valence-corrected chi connectivity index (χ4v) is 4.09. The van der Waals surface area contributed by atoms with Crippen LogP contribution in [0.25, 0.3) is 21.3 Å². The molecule has 0 atom stereocenters. The molecule has 0 aliphatic heterocycles. The number of nitrogens with zero attached hydrogens (tertiary/aromatic N) is 1. The summed E-state index contributed by atoms with van der Waals surface area (Å²) in [5.74, 6) is -0.535. The molecule has 0 saturated carbocycles. The highest BCUT2D eigenvalue weighted by Crippen LogP contribution is 2.30. The summed E-state index contributed by atoms with van der Waals surface area (Å²) in [4.78, 5) is 17.8. The number of carbonyl (C=O) groups is 1. The van der Waals surface area contributed by atoms with E-state index in [1.165, 1.54) is 23.5 Å². The Balaban J connectivity index is 1.62. The Kier molecular flexibility index (Phi) is 5.02. The fraction of sp³-hybridized carbons (Fsp3) is 0.0476. The minimum Gasteiger partial charge on any atom is -0.397 e. The average Bonchev–Trinajstić information content (AvgIpc) is 3.13. The van der Waals surface area contributed by atoms with E-state index < -0.39 is 0 Å². The number of amides is 1. The van der Waals surface area contributed by atoms with Crippen LogP contribution in [0.15, 0.2) is 65.7 Å². The Morgan fingerprint density at radius 1 is 1.07 bits per heavy atom. The smallest absolute Gasteiger partial charge is 0.265 e. The monoisotopic (exact) mass is 409 g/mol. The van der Waals surface area contributed by atoms with Crippen LogP contribution < -0.4 is 11.1 Å². The van der Waals surface area contributed by atoms with Gasteiger partial charge in [-0.15, -0.1) is 23.1 Å². The normalized spacial score (nSPS) is 10.9. The van der Waals surface area contributed by atoms with Gasteiger partial charge >= 0.3 is 0 Å². The first-order valence-electron chi connectivity index (χ1n) is 8.45. The first-order valence-corrected chi connectivity index (χ1v) is 10.5. The molecule has 0 bridgehead atoms. The van der Waals surface area contributed by atoms with Gasteiger partial charge in [0.15, 0.2) is 0 Å². The summed E-state index contributed by atoms with van der Waals surface area (Å²) in [5.41, 5.74) is 9.50. The molecule has 0 fully saturated rings. The molecule has 0 spiro atoms. The number of aromatic nitrogens is 1. The van der Waals surface area contributed by atoms with Crippen molar-refractivity contribution in [3.63, 3.8) is 0 Å². The van der Waals surface area contributed by atoms with Crippen molar-refractivity contribution in [3.05, 3.63) is 71.4 Å². The fourth-order valence-electron chi connectivity index (χ4n) is 2.80. The first kappa shape index (κ1) is 18.5. The topological polar surface area (TPSA) is 68.0 Å². The predicted molar refractivity (Wildman–Crippen MR) is 116 cm³/mol. The van der Waals surface area contributed by atoms with Gasteiger partial charge in [0.25, 0.3) is 5.91 Å². The zero-order valence-corrected chi connectivity index (χ0v) is 16.5. The van der Waals surface area contributed by atoms with Gasteiger partial charge in [-0.05, 0) is 59.8 Å². The van der Waals surface area contributed by atoms with Gasteiger partial charge in [-0.2, -0.15) is 0 Å². The number of halogens is 1. The number of fused-ring (bicyclic) bond motifs is 1. The molecular weight excluding hydrogens is 393 g/mol. The number of hydrogen-bond acceptors (Lipinski definition) is 5. The van der Waals surface area contributed by atoms with Crippen molar-refractivity contribution >= 4 is 50.6 Å². The number of rotatable bonds is 4. The molecule has 2 aromatic carbocycles. The van der Waals surface area contributed by atoms with E-state index in [1.807, 2.05) is 24.5 Å². The lowest BCUT2D eigenvalue weighted by Gasteiger charge is -2.10. The molecule has 3 N–H and O–H groups in total. The molecule has 28 heavy (non-hydrogen) atoms. The maximum Gasteiger partial charge on any atom is 0.265 e. The largest absolute Gasteiger partial charge is 0.397 e. The summed E-state index contributed by atoms with van der Waals surface area (Å²) in [5, 5.41) is 3.79. The Bertz CT molecular complexity index is 1170. The third-order valence-corrected chi connectivity index (χ3v) is 5.99. The molecule has 0 saturated heterocycles. The summed E-state index contributed by atoms with van der Waals surface area (Å²) in [6.45, 7) is 0. The highest BCUT2D eigenvalue weighted by molar-refractivity contribution is 7.98. The molecule has 0 aliphatic rings. The van der Waals surface area contributed by atoms with Crippen molar-refractivity contribution in [1.29, 1.82) is 0 Å². The number of nitrogen functional groups attached to an aromatic ring is 1. The highest BCUT2D eigenvalue weighted by Gasteiger charge is 2.14. The quantitative estimate of drug-likeness (QED) is 0.337. The van der Waals surface area contributed by atoms with Crippen LogP contribution in [0.2, 0.25) is 0 Å². The second-order valence-electron chi connectivity index (χ2n) is 6.11. The lowest BCUT2D eigenvalue weighted by molar-refractivity contribution is 0.103. The highest BCUT2D eigenvalue weighted by atomic mass is 32.2. The van der Waals surface area contributed by atoms with E-state index in [9.17, 15) is 9.18 Å². The lowest BCUT2D eigenvalue weighted by Crippen LogP contribution is -2.11. The molecule has 4 aromatic rings. The molecule has 0 aliphatic carbocycles. The van der Waals surface area contributed by atoms with Gasteiger partial charge in [0.2, 0.25) is 0 Å². The number of benzene rings is 2. The van der Waals surface area contributed by atoms with Gasteiger partial charge in [-0.3, -0.25) is 4.79 Å². The van der Waals surface area contributed by atoms with Crippen LogP contribution in [0.5, 0.6) is 0 Å². The molecule has 1 amide bonds. The Labute approximate surface area is 169 Å². The summed E-state index contributed by atoms with van der Waals surface area (Å²) in [7, 11) is 0. The van der Waals surface area contributed by atoms with Gasteiger partial charge in [-0.1, -0.05) is 18.2 Å². The molecule has 4 nitrogen and oxygen atoms in total. The van der Waals surface area contributed by atoms with E-state index in [0.29, 0.717) is 16.3 Å². The Morgan fingerprint density at radius 3 is 2.57 bits per heavy atom. The number of pyridine rings is 1. The average molecular weight is 410 g/mol. The zero-order chi connectivity index (χ0) is 19.7. The number of nitrogens with two attached hydrogens (primary N) is 1. The van der Waals surface area contributed by atoms with Crippen molar-refractivity contribution in [2.75, 3.05) is 17.3 Å². The van der Waals surface area contributed by atoms with E-state index >= 15 is 0 Å². The van der Waals surface area contributed by atoms with Gasteiger partial charge in [0.1, 0.15) is 5.82 Å². The van der Waals surface area contributed by atoms with Crippen molar-refractivity contribution in [2.24, 2.45) is 0 Å². The molecule has 2 aromatic heterocycles. The summed E-state index contributed by atoms with van der Waals surface area (Å²) in [6, 6.07) is 17.2. The van der Waals surface area contributed by atoms with Crippen LogP contribution in [0.3, 0.4) is 0 Å². The Hall–Kier alpha value is -2.90. The third kappa shape index (κ3) is 3.72. The minimum absolute atomic E-state index is 0.239. The van der Waals surface area contributed by atoms with Crippen LogP contribution >= 0.6 is 23.1 Å². The zero-order valence-electron chi connectivity index (χ0n) is 14.9. The van der Waals surface area contributed by atoms with E-state index in [1.54, 1.807) is 42.1 Å². The number of nitrogens with one attached hydrogen (secondary N) is 1. The van der Waals surface area contributed by atoms with Crippen LogP contribution in [0.4, 0.5) is 15.8 Å². The van der Waals surface area contributed by atoms with Crippen LogP contribution in [0, 0.1) is 5.82 Å². The summed E-state index contributed by atoms with van der Waals surface area (Å²) < 4.78 is 14.1. The minimum atomic E-state index is -0.296. The standard InChI is InChI=1S/C21H16FN3OS2/c1-27-20-9-8-18-17(24-20)11-19(28-18)21(26)25-16-10-13(4-7-15(16)23)12-2-5-14(22)6-3-12/h2-11H,23H2,1H3,(H,25,26). The number of anilines is 2. The second-order valence-corrected chi connectivity index (χ2v) is 8.02. The molecule has 0 unspecified atom stereocenters. The van der Waals surface area contributed by atoms with Crippen LogP contribution in [-0.2, 0) is 0 Å². The number of carbonyl (C=O) groups excluding carboxylic acids is 1. The summed E-state index contributed by atoms with van der Waals surface area (Å²) in [6.07, 6.45) is 1.96. The van der Waals surface area contributed by atoms with E-state index in [0.717, 1.165) is 26.4 Å².